The summed E-state index contributed by atoms with van der Waals surface area (Å²) in [7, 11) is 0. The number of primary amides is 1. The van der Waals surface area contributed by atoms with Crippen molar-refractivity contribution in [2.45, 2.75) is 6.42 Å². The highest BCUT2D eigenvalue weighted by Gasteiger charge is 2.31. The van der Waals surface area contributed by atoms with Gasteiger partial charge in [0.15, 0.2) is 0 Å². The van der Waals surface area contributed by atoms with Crippen LogP contribution in [0, 0.1) is 5.92 Å². The van der Waals surface area contributed by atoms with E-state index in [9.17, 15) is 9.59 Å². The van der Waals surface area contributed by atoms with Crippen molar-refractivity contribution in [3.63, 3.8) is 0 Å². The molecular weight excluding hydrogens is 294 g/mol. The number of hydrogen-bond donors (Lipinski definition) is 1. The number of para-hydroxylation sites is 1. The molecule has 2 heterocycles. The maximum atomic E-state index is 12.7. The number of carbonyl (C=O) groups excluding carboxylic acids is 2. The Labute approximate surface area is 133 Å². The number of nitrogens with two attached hydrogens (primary N) is 1. The molecule has 118 valence electrons. The van der Waals surface area contributed by atoms with Crippen molar-refractivity contribution in [3.05, 3.63) is 54.2 Å². The molecule has 2 amide bonds. The zero-order valence-electron chi connectivity index (χ0n) is 12.5. The molecule has 1 aliphatic rings. The van der Waals surface area contributed by atoms with Crippen molar-refractivity contribution in [1.29, 1.82) is 0 Å². The van der Waals surface area contributed by atoms with Crippen LogP contribution in [0.4, 0.5) is 0 Å². The van der Waals surface area contributed by atoms with Gasteiger partial charge in [0, 0.05) is 19.3 Å². The maximum Gasteiger partial charge on any atom is 0.259 e. The molecule has 1 aliphatic heterocycles. The van der Waals surface area contributed by atoms with Crippen molar-refractivity contribution >= 4 is 11.8 Å². The first-order valence-corrected chi connectivity index (χ1v) is 7.41. The van der Waals surface area contributed by atoms with Crippen LogP contribution >= 0.6 is 0 Å². The molecule has 0 aliphatic carbocycles. The molecule has 0 bridgehead atoms. The molecule has 0 radical (unpaired) electrons. The summed E-state index contributed by atoms with van der Waals surface area (Å²) >= 11 is 0. The molecule has 1 aromatic carbocycles. The summed E-state index contributed by atoms with van der Waals surface area (Å²) in [5.74, 6) is 0.0112. The minimum atomic E-state index is -0.368. The summed E-state index contributed by atoms with van der Waals surface area (Å²) in [4.78, 5) is 29.7. The Kier molecular flexibility index (Phi) is 4.23. The second-order valence-corrected chi connectivity index (χ2v) is 5.41. The molecule has 0 spiro atoms. The lowest BCUT2D eigenvalue weighted by atomic mass is 10.1. The van der Waals surface area contributed by atoms with Crippen LogP contribution < -0.4 is 10.5 Å². The Morgan fingerprint density at radius 2 is 1.96 bits per heavy atom. The van der Waals surface area contributed by atoms with Crippen LogP contribution in [0.15, 0.2) is 48.7 Å². The highest BCUT2D eigenvalue weighted by Crippen LogP contribution is 2.26. The predicted octanol–water partition coefficient (Wildman–Crippen LogP) is 1.82. The standard InChI is InChI=1S/C17H17N3O3/c18-15(21)12-8-10-20(11-12)17(22)14-7-4-9-19-16(14)23-13-5-2-1-3-6-13/h1-7,9,12H,8,10-11H2,(H2,18,21). The normalized spacial score (nSPS) is 17.0. The number of rotatable bonds is 4. The van der Waals surface area contributed by atoms with Crippen molar-refractivity contribution in [3.8, 4) is 11.6 Å². The highest BCUT2D eigenvalue weighted by atomic mass is 16.5. The third-order valence-electron chi connectivity index (χ3n) is 3.84. The number of likely N-dealkylation sites (tertiary alicyclic amines) is 1. The van der Waals surface area contributed by atoms with Gasteiger partial charge in [0.2, 0.25) is 11.8 Å². The molecule has 3 rings (SSSR count). The van der Waals surface area contributed by atoms with E-state index < -0.39 is 0 Å². The van der Waals surface area contributed by atoms with E-state index in [1.165, 1.54) is 0 Å². The second-order valence-electron chi connectivity index (χ2n) is 5.41. The Hall–Kier alpha value is -2.89. The molecular formula is C17H17N3O3. The summed E-state index contributed by atoms with van der Waals surface area (Å²) in [5, 5.41) is 0. The molecule has 0 saturated carbocycles. The zero-order valence-corrected chi connectivity index (χ0v) is 12.5. The van der Waals surface area contributed by atoms with Crippen LogP contribution in [0.5, 0.6) is 11.6 Å². The third kappa shape index (κ3) is 3.31. The Bertz CT molecular complexity index is 718. The van der Waals surface area contributed by atoms with E-state index in [0.717, 1.165) is 0 Å². The zero-order chi connectivity index (χ0) is 16.2. The molecule has 1 atom stereocenters. The molecule has 2 N–H and O–H groups in total. The fourth-order valence-corrected chi connectivity index (χ4v) is 2.58. The van der Waals surface area contributed by atoms with Gasteiger partial charge < -0.3 is 15.4 Å². The lowest BCUT2D eigenvalue weighted by Gasteiger charge is -2.17. The van der Waals surface area contributed by atoms with E-state index in [1.54, 1.807) is 35.4 Å². The minimum Gasteiger partial charge on any atom is -0.438 e. The van der Waals surface area contributed by atoms with Crippen LogP contribution in [0.25, 0.3) is 0 Å². The van der Waals surface area contributed by atoms with E-state index in [4.69, 9.17) is 10.5 Å². The van der Waals surface area contributed by atoms with Gasteiger partial charge in [0.25, 0.3) is 5.91 Å². The number of ether oxygens (including phenoxy) is 1. The summed E-state index contributed by atoms with van der Waals surface area (Å²) < 4.78 is 5.71. The number of aromatic nitrogens is 1. The fourth-order valence-electron chi connectivity index (χ4n) is 2.58. The molecule has 6 nitrogen and oxygen atoms in total. The van der Waals surface area contributed by atoms with Gasteiger partial charge in [-0.3, -0.25) is 9.59 Å². The third-order valence-corrected chi connectivity index (χ3v) is 3.84. The van der Waals surface area contributed by atoms with E-state index in [-0.39, 0.29) is 23.6 Å². The second kappa shape index (κ2) is 6.48. The first kappa shape index (κ1) is 15.0. The number of carbonyl (C=O) groups is 2. The van der Waals surface area contributed by atoms with E-state index in [2.05, 4.69) is 4.98 Å². The SMILES string of the molecule is NC(=O)C1CCN(C(=O)c2cccnc2Oc2ccccc2)C1. The van der Waals surface area contributed by atoms with Gasteiger partial charge in [0.1, 0.15) is 11.3 Å². The molecule has 1 aromatic heterocycles. The first-order valence-electron chi connectivity index (χ1n) is 7.41. The Morgan fingerprint density at radius 3 is 2.65 bits per heavy atom. The summed E-state index contributed by atoms with van der Waals surface area (Å²) in [6.07, 6.45) is 2.17. The number of benzene rings is 1. The van der Waals surface area contributed by atoms with E-state index in [1.807, 2.05) is 18.2 Å². The van der Waals surface area contributed by atoms with Crippen LogP contribution in [-0.2, 0) is 4.79 Å². The lowest BCUT2D eigenvalue weighted by molar-refractivity contribution is -0.121. The topological polar surface area (TPSA) is 85.5 Å². The molecule has 23 heavy (non-hydrogen) atoms. The van der Waals surface area contributed by atoms with Gasteiger partial charge in [-0.25, -0.2) is 4.98 Å². The smallest absolute Gasteiger partial charge is 0.259 e. The number of hydrogen-bond acceptors (Lipinski definition) is 4. The first-order chi connectivity index (χ1) is 11.1. The average Bonchev–Trinajstić information content (AvgIpc) is 3.06. The van der Waals surface area contributed by atoms with Crippen molar-refractivity contribution in [2.24, 2.45) is 11.7 Å². The number of pyridine rings is 1. The van der Waals surface area contributed by atoms with E-state index in [0.29, 0.717) is 30.8 Å². The minimum absolute atomic E-state index is 0.201. The number of amides is 2. The predicted molar refractivity (Wildman–Crippen MR) is 84.0 cm³/mol. The van der Waals surface area contributed by atoms with Crippen LogP contribution in [0.1, 0.15) is 16.8 Å². The fraction of sp³-hybridized carbons (Fsp3) is 0.235. The monoisotopic (exact) mass is 311 g/mol. The molecule has 6 heteroatoms. The summed E-state index contributed by atoms with van der Waals surface area (Å²) in [5.41, 5.74) is 5.69. The lowest BCUT2D eigenvalue weighted by Crippen LogP contribution is -2.32. The molecule has 1 fully saturated rings. The average molecular weight is 311 g/mol. The van der Waals surface area contributed by atoms with Gasteiger partial charge in [-0.2, -0.15) is 0 Å². The van der Waals surface area contributed by atoms with Gasteiger partial charge in [-0.15, -0.1) is 0 Å². The molecule has 1 unspecified atom stereocenters. The summed E-state index contributed by atoms with van der Waals surface area (Å²) in [6, 6.07) is 12.5. The molecule has 1 saturated heterocycles. The van der Waals surface area contributed by atoms with E-state index >= 15 is 0 Å². The van der Waals surface area contributed by atoms with Gasteiger partial charge in [-0.05, 0) is 30.7 Å². The van der Waals surface area contributed by atoms with Crippen LogP contribution in [-0.4, -0.2) is 34.8 Å². The highest BCUT2D eigenvalue weighted by molar-refractivity contribution is 5.97. The largest absolute Gasteiger partial charge is 0.438 e. The van der Waals surface area contributed by atoms with Crippen molar-refractivity contribution < 1.29 is 14.3 Å². The Balaban J connectivity index is 1.80. The van der Waals surface area contributed by atoms with Gasteiger partial charge in [0.05, 0.1) is 5.92 Å². The quantitative estimate of drug-likeness (QED) is 0.933. The van der Waals surface area contributed by atoms with Crippen LogP contribution in [0.3, 0.4) is 0 Å². The Morgan fingerprint density at radius 1 is 1.17 bits per heavy atom. The maximum absolute atomic E-state index is 12.7. The van der Waals surface area contributed by atoms with Gasteiger partial charge in [-0.1, -0.05) is 18.2 Å². The number of nitrogens with zero attached hydrogens (tertiary/aromatic N) is 2. The van der Waals surface area contributed by atoms with Gasteiger partial charge >= 0.3 is 0 Å². The van der Waals surface area contributed by atoms with Crippen molar-refractivity contribution in [1.82, 2.24) is 9.88 Å². The summed E-state index contributed by atoms with van der Waals surface area (Å²) in [6.45, 7) is 0.847. The van der Waals surface area contributed by atoms with Crippen molar-refractivity contribution in [2.75, 3.05) is 13.1 Å². The molecule has 2 aromatic rings. The van der Waals surface area contributed by atoms with Crippen LogP contribution in [0.2, 0.25) is 0 Å².